The third kappa shape index (κ3) is 3.80. The molecule has 0 spiro atoms. The van der Waals surface area contributed by atoms with E-state index in [0.29, 0.717) is 5.69 Å². The van der Waals surface area contributed by atoms with Crippen LogP contribution in [0.2, 0.25) is 0 Å². The fraction of sp³-hybridized carbons (Fsp3) is 0.250. The van der Waals surface area contributed by atoms with Gasteiger partial charge in [-0.05, 0) is 37.1 Å². The smallest absolute Gasteiger partial charge is 0.340 e. The maximum absolute atomic E-state index is 12.9. The number of amides is 1. The summed E-state index contributed by atoms with van der Waals surface area (Å²) in [6.45, 7) is 0. The second kappa shape index (κ2) is 5.91. The molecule has 1 fully saturated rings. The third-order valence-corrected chi connectivity index (χ3v) is 3.47. The Balaban J connectivity index is 1.72. The summed E-state index contributed by atoms with van der Waals surface area (Å²) >= 11 is 0. The van der Waals surface area contributed by atoms with Crippen LogP contribution in [0.25, 0.3) is 0 Å². The van der Waals surface area contributed by atoms with E-state index in [1.54, 1.807) is 6.07 Å². The lowest BCUT2D eigenvalue weighted by molar-refractivity contribution is -0.136. The molecule has 120 valence electrons. The van der Waals surface area contributed by atoms with Crippen molar-refractivity contribution in [3.8, 4) is 0 Å². The largest absolute Gasteiger partial charge is 0.418 e. The van der Waals surface area contributed by atoms with E-state index in [4.69, 9.17) is 0 Å². The highest BCUT2D eigenvalue weighted by molar-refractivity contribution is 5.93. The fourth-order valence-corrected chi connectivity index (χ4v) is 2.11. The first-order valence-electron chi connectivity index (χ1n) is 7.13. The maximum Gasteiger partial charge on any atom is 0.418 e. The number of hydrogen-bond donors (Lipinski definition) is 2. The fourth-order valence-electron chi connectivity index (χ4n) is 2.11. The standard InChI is InChI=1S/C16H14F3N3O/c17-16(18,19)12-3-1-2-4-13(12)22-14-8-7-11(9-20-14)21-15(23)10-5-6-10/h1-4,7-10H,5-6H2,(H,20,22)(H,21,23). The molecule has 2 N–H and O–H groups in total. The molecule has 7 heteroatoms. The van der Waals surface area contributed by atoms with Crippen LogP contribution in [0.1, 0.15) is 18.4 Å². The molecule has 0 saturated heterocycles. The van der Waals surface area contributed by atoms with Gasteiger partial charge in [0.2, 0.25) is 5.91 Å². The van der Waals surface area contributed by atoms with Crippen molar-refractivity contribution in [3.05, 3.63) is 48.2 Å². The first-order valence-corrected chi connectivity index (χ1v) is 7.13. The van der Waals surface area contributed by atoms with Crippen LogP contribution in [0.5, 0.6) is 0 Å². The van der Waals surface area contributed by atoms with Gasteiger partial charge in [-0.15, -0.1) is 0 Å². The third-order valence-electron chi connectivity index (χ3n) is 3.47. The molecular formula is C16H14F3N3O. The molecule has 0 unspecified atom stereocenters. The molecule has 4 nitrogen and oxygen atoms in total. The predicted molar refractivity (Wildman–Crippen MR) is 80.3 cm³/mol. The molecule has 2 aromatic rings. The summed E-state index contributed by atoms with van der Waals surface area (Å²) < 4.78 is 38.8. The minimum atomic E-state index is -4.44. The Morgan fingerprint density at radius 3 is 2.48 bits per heavy atom. The highest BCUT2D eigenvalue weighted by Crippen LogP contribution is 2.35. The van der Waals surface area contributed by atoms with Crippen molar-refractivity contribution in [1.29, 1.82) is 0 Å². The normalized spacial score (nSPS) is 14.4. The summed E-state index contributed by atoms with van der Waals surface area (Å²) in [6, 6.07) is 8.32. The number of anilines is 3. The Labute approximate surface area is 130 Å². The number of pyridine rings is 1. The zero-order chi connectivity index (χ0) is 16.4. The van der Waals surface area contributed by atoms with Gasteiger partial charge >= 0.3 is 6.18 Å². The minimum absolute atomic E-state index is 0.0464. The van der Waals surface area contributed by atoms with Crippen LogP contribution < -0.4 is 10.6 Å². The summed E-state index contributed by atoms with van der Waals surface area (Å²) in [7, 11) is 0. The van der Waals surface area contributed by atoms with Gasteiger partial charge in [0, 0.05) is 5.92 Å². The van der Waals surface area contributed by atoms with E-state index in [0.717, 1.165) is 18.9 Å². The summed E-state index contributed by atoms with van der Waals surface area (Å²) in [5.41, 5.74) is -0.299. The molecule has 1 heterocycles. The van der Waals surface area contributed by atoms with Crippen molar-refractivity contribution in [3.63, 3.8) is 0 Å². The van der Waals surface area contributed by atoms with Crippen LogP contribution in [0.4, 0.5) is 30.4 Å². The van der Waals surface area contributed by atoms with Gasteiger partial charge in [0.25, 0.3) is 0 Å². The van der Waals surface area contributed by atoms with Crippen molar-refractivity contribution >= 4 is 23.1 Å². The van der Waals surface area contributed by atoms with Crippen LogP contribution in [-0.4, -0.2) is 10.9 Å². The molecule has 3 rings (SSSR count). The molecular weight excluding hydrogens is 307 g/mol. The van der Waals surface area contributed by atoms with Gasteiger partial charge in [-0.25, -0.2) is 4.98 Å². The zero-order valence-corrected chi connectivity index (χ0v) is 12.0. The predicted octanol–water partition coefficient (Wildman–Crippen LogP) is 4.19. The maximum atomic E-state index is 12.9. The lowest BCUT2D eigenvalue weighted by Crippen LogP contribution is -2.13. The Kier molecular flexibility index (Phi) is 3.94. The first kappa shape index (κ1) is 15.3. The lowest BCUT2D eigenvalue weighted by atomic mass is 10.1. The highest BCUT2D eigenvalue weighted by atomic mass is 19.4. The number of halogens is 3. The van der Waals surface area contributed by atoms with Gasteiger partial charge in [0.15, 0.2) is 0 Å². The van der Waals surface area contributed by atoms with E-state index in [9.17, 15) is 18.0 Å². The van der Waals surface area contributed by atoms with Crippen LogP contribution in [0, 0.1) is 5.92 Å². The molecule has 1 amide bonds. The zero-order valence-electron chi connectivity index (χ0n) is 12.0. The second-order valence-electron chi connectivity index (χ2n) is 5.36. The Morgan fingerprint density at radius 2 is 1.87 bits per heavy atom. The highest BCUT2D eigenvalue weighted by Gasteiger charge is 2.33. The topological polar surface area (TPSA) is 54.0 Å². The van der Waals surface area contributed by atoms with E-state index in [1.165, 1.54) is 30.5 Å². The number of benzene rings is 1. The number of para-hydroxylation sites is 1. The van der Waals surface area contributed by atoms with Crippen molar-refractivity contribution in [2.75, 3.05) is 10.6 Å². The number of carbonyl (C=O) groups is 1. The van der Waals surface area contributed by atoms with E-state index in [1.807, 2.05) is 0 Å². The number of nitrogens with one attached hydrogen (secondary N) is 2. The van der Waals surface area contributed by atoms with Gasteiger partial charge in [0.05, 0.1) is 23.1 Å². The van der Waals surface area contributed by atoms with E-state index in [-0.39, 0.29) is 23.3 Å². The van der Waals surface area contributed by atoms with Crippen molar-refractivity contribution in [2.24, 2.45) is 5.92 Å². The number of hydrogen-bond acceptors (Lipinski definition) is 3. The monoisotopic (exact) mass is 321 g/mol. The molecule has 1 aliphatic rings. The molecule has 1 saturated carbocycles. The molecule has 0 atom stereocenters. The average molecular weight is 321 g/mol. The average Bonchev–Trinajstić information content (AvgIpc) is 3.33. The van der Waals surface area contributed by atoms with Gasteiger partial charge in [-0.3, -0.25) is 4.79 Å². The van der Waals surface area contributed by atoms with Crippen LogP contribution >= 0.6 is 0 Å². The van der Waals surface area contributed by atoms with Crippen molar-refractivity contribution in [1.82, 2.24) is 4.98 Å². The van der Waals surface area contributed by atoms with E-state index >= 15 is 0 Å². The Hall–Kier alpha value is -2.57. The summed E-state index contributed by atoms with van der Waals surface area (Å²) in [6.07, 6.45) is -1.24. The molecule has 0 bridgehead atoms. The number of rotatable bonds is 4. The van der Waals surface area contributed by atoms with E-state index in [2.05, 4.69) is 15.6 Å². The van der Waals surface area contributed by atoms with Gasteiger partial charge in [-0.2, -0.15) is 13.2 Å². The Morgan fingerprint density at radius 1 is 1.13 bits per heavy atom. The first-order chi connectivity index (χ1) is 10.9. The van der Waals surface area contributed by atoms with Crippen LogP contribution in [-0.2, 0) is 11.0 Å². The van der Waals surface area contributed by atoms with Crippen molar-refractivity contribution in [2.45, 2.75) is 19.0 Å². The SMILES string of the molecule is O=C(Nc1ccc(Nc2ccccc2C(F)(F)F)nc1)C1CC1. The number of aromatic nitrogens is 1. The molecule has 0 radical (unpaired) electrons. The van der Waals surface area contributed by atoms with Gasteiger partial charge in [-0.1, -0.05) is 12.1 Å². The summed E-state index contributed by atoms with van der Waals surface area (Å²) in [5, 5.41) is 5.37. The Bertz CT molecular complexity index is 709. The minimum Gasteiger partial charge on any atom is -0.340 e. The number of nitrogens with zero attached hydrogens (tertiary/aromatic N) is 1. The van der Waals surface area contributed by atoms with Crippen LogP contribution in [0.15, 0.2) is 42.6 Å². The molecule has 0 aliphatic heterocycles. The number of alkyl halides is 3. The second-order valence-corrected chi connectivity index (χ2v) is 5.36. The summed E-state index contributed by atoms with van der Waals surface area (Å²) in [5.74, 6) is 0.299. The molecule has 1 aliphatic carbocycles. The number of carbonyl (C=O) groups excluding carboxylic acids is 1. The quantitative estimate of drug-likeness (QED) is 0.887. The summed E-state index contributed by atoms with van der Waals surface area (Å²) in [4.78, 5) is 15.7. The molecule has 23 heavy (non-hydrogen) atoms. The van der Waals surface area contributed by atoms with E-state index < -0.39 is 11.7 Å². The van der Waals surface area contributed by atoms with Gasteiger partial charge < -0.3 is 10.6 Å². The van der Waals surface area contributed by atoms with Gasteiger partial charge in [0.1, 0.15) is 5.82 Å². The molecule has 1 aromatic carbocycles. The van der Waals surface area contributed by atoms with Crippen molar-refractivity contribution < 1.29 is 18.0 Å². The van der Waals surface area contributed by atoms with Crippen LogP contribution in [0.3, 0.4) is 0 Å². The molecule has 1 aromatic heterocycles. The lowest BCUT2D eigenvalue weighted by Gasteiger charge is -2.14.